The van der Waals surface area contributed by atoms with Crippen molar-refractivity contribution >= 4 is 23.0 Å². The molecule has 0 bridgehead atoms. The standard InChI is InChI=1S/C14H11FN2O4/c1-8-3-2-4-9(5-8)16-12-6-10(14(18)19)11(15)7-13(12)17(20)21/h2-7,16H,1H3,(H,18,19). The molecule has 0 saturated carbocycles. The Labute approximate surface area is 119 Å². The second-order valence-corrected chi connectivity index (χ2v) is 4.41. The van der Waals surface area contributed by atoms with Gasteiger partial charge in [-0.3, -0.25) is 10.1 Å². The lowest BCUT2D eigenvalue weighted by atomic mass is 10.1. The highest BCUT2D eigenvalue weighted by molar-refractivity contribution is 5.91. The third-order valence-electron chi connectivity index (χ3n) is 2.81. The zero-order valence-corrected chi connectivity index (χ0v) is 11.0. The number of hydrogen-bond donors (Lipinski definition) is 2. The molecule has 21 heavy (non-hydrogen) atoms. The number of benzene rings is 2. The number of nitro groups is 1. The first-order chi connectivity index (χ1) is 9.88. The van der Waals surface area contributed by atoms with E-state index in [1.54, 1.807) is 18.2 Å². The molecule has 108 valence electrons. The van der Waals surface area contributed by atoms with E-state index in [4.69, 9.17) is 5.11 Å². The van der Waals surface area contributed by atoms with E-state index in [1.165, 1.54) is 0 Å². The SMILES string of the molecule is Cc1cccc(Nc2cc(C(=O)O)c(F)cc2[N+](=O)[O-])c1. The van der Waals surface area contributed by atoms with Gasteiger partial charge in [0, 0.05) is 5.69 Å². The Morgan fingerprint density at radius 1 is 1.33 bits per heavy atom. The van der Waals surface area contributed by atoms with Crippen LogP contribution < -0.4 is 5.32 Å². The fraction of sp³-hybridized carbons (Fsp3) is 0.0714. The fourth-order valence-corrected chi connectivity index (χ4v) is 1.86. The predicted octanol–water partition coefficient (Wildman–Crippen LogP) is 3.48. The summed E-state index contributed by atoms with van der Waals surface area (Å²) in [5, 5.41) is 22.6. The van der Waals surface area contributed by atoms with Crippen molar-refractivity contribution in [1.29, 1.82) is 0 Å². The van der Waals surface area contributed by atoms with Gasteiger partial charge in [0.1, 0.15) is 11.5 Å². The van der Waals surface area contributed by atoms with Crippen molar-refractivity contribution in [1.82, 2.24) is 0 Å². The molecule has 0 fully saturated rings. The molecule has 0 unspecified atom stereocenters. The second kappa shape index (κ2) is 5.58. The number of carbonyl (C=O) groups is 1. The summed E-state index contributed by atoms with van der Waals surface area (Å²) in [7, 11) is 0. The number of nitrogens with one attached hydrogen (secondary N) is 1. The molecule has 0 aliphatic rings. The van der Waals surface area contributed by atoms with E-state index < -0.39 is 28.0 Å². The molecule has 2 aromatic carbocycles. The van der Waals surface area contributed by atoms with Crippen LogP contribution in [0.4, 0.5) is 21.5 Å². The third kappa shape index (κ3) is 3.14. The Morgan fingerprint density at radius 3 is 2.62 bits per heavy atom. The average Bonchev–Trinajstić information content (AvgIpc) is 2.39. The molecule has 6 nitrogen and oxygen atoms in total. The summed E-state index contributed by atoms with van der Waals surface area (Å²) in [5.74, 6) is -2.64. The topological polar surface area (TPSA) is 92.5 Å². The van der Waals surface area contributed by atoms with Gasteiger partial charge in [-0.05, 0) is 30.7 Å². The monoisotopic (exact) mass is 290 g/mol. The molecular formula is C14H11FN2O4. The summed E-state index contributed by atoms with van der Waals surface area (Å²) in [6, 6.07) is 8.49. The minimum atomic E-state index is -1.49. The number of carboxylic acids is 1. The lowest BCUT2D eigenvalue weighted by Gasteiger charge is -2.09. The van der Waals surface area contributed by atoms with E-state index in [0.717, 1.165) is 11.6 Å². The zero-order valence-electron chi connectivity index (χ0n) is 11.0. The van der Waals surface area contributed by atoms with Crippen LogP contribution in [0, 0.1) is 22.9 Å². The Bertz CT molecular complexity index is 731. The van der Waals surface area contributed by atoms with E-state index >= 15 is 0 Å². The summed E-state index contributed by atoms with van der Waals surface area (Å²) in [4.78, 5) is 21.1. The molecule has 0 aromatic heterocycles. The average molecular weight is 290 g/mol. The molecule has 2 rings (SSSR count). The van der Waals surface area contributed by atoms with Gasteiger partial charge >= 0.3 is 5.97 Å². The fourth-order valence-electron chi connectivity index (χ4n) is 1.86. The second-order valence-electron chi connectivity index (χ2n) is 4.41. The molecule has 0 saturated heterocycles. The Morgan fingerprint density at radius 2 is 2.05 bits per heavy atom. The van der Waals surface area contributed by atoms with Crippen LogP contribution in [0.25, 0.3) is 0 Å². The van der Waals surface area contributed by atoms with Crippen molar-refractivity contribution in [3.63, 3.8) is 0 Å². The molecular weight excluding hydrogens is 279 g/mol. The molecule has 0 heterocycles. The van der Waals surface area contributed by atoms with Gasteiger partial charge in [0.05, 0.1) is 16.6 Å². The quantitative estimate of drug-likeness (QED) is 0.664. The van der Waals surface area contributed by atoms with Gasteiger partial charge in [0.25, 0.3) is 5.69 Å². The number of rotatable bonds is 4. The van der Waals surface area contributed by atoms with Gasteiger partial charge < -0.3 is 10.4 Å². The van der Waals surface area contributed by atoms with Gasteiger partial charge in [-0.2, -0.15) is 0 Å². The molecule has 0 radical (unpaired) electrons. The molecule has 2 N–H and O–H groups in total. The van der Waals surface area contributed by atoms with E-state index in [0.29, 0.717) is 11.8 Å². The Hall–Kier alpha value is -2.96. The molecule has 2 aromatic rings. The summed E-state index contributed by atoms with van der Waals surface area (Å²) < 4.78 is 13.5. The minimum Gasteiger partial charge on any atom is -0.478 e. The van der Waals surface area contributed by atoms with Crippen molar-refractivity contribution in [3.05, 3.63) is 63.5 Å². The molecule has 0 aliphatic carbocycles. The van der Waals surface area contributed by atoms with Crippen LogP contribution in [0.3, 0.4) is 0 Å². The maximum atomic E-state index is 13.5. The molecule has 0 atom stereocenters. The Balaban J connectivity index is 2.52. The number of hydrogen-bond acceptors (Lipinski definition) is 4. The van der Waals surface area contributed by atoms with Gasteiger partial charge in [-0.25, -0.2) is 9.18 Å². The molecule has 7 heteroatoms. The maximum absolute atomic E-state index is 13.5. The van der Waals surface area contributed by atoms with Crippen molar-refractivity contribution in [2.45, 2.75) is 6.92 Å². The van der Waals surface area contributed by atoms with E-state index in [2.05, 4.69) is 5.32 Å². The lowest BCUT2D eigenvalue weighted by molar-refractivity contribution is -0.384. The van der Waals surface area contributed by atoms with Crippen LogP contribution in [-0.2, 0) is 0 Å². The lowest BCUT2D eigenvalue weighted by Crippen LogP contribution is -2.05. The number of nitro benzene ring substituents is 1. The van der Waals surface area contributed by atoms with Crippen LogP contribution in [0.5, 0.6) is 0 Å². The number of aromatic carboxylic acids is 1. The number of aryl methyl sites for hydroxylation is 1. The van der Waals surface area contributed by atoms with Crippen molar-refractivity contribution < 1.29 is 19.2 Å². The first kappa shape index (κ1) is 14.4. The summed E-state index contributed by atoms with van der Waals surface area (Å²) >= 11 is 0. The smallest absolute Gasteiger partial charge is 0.338 e. The van der Waals surface area contributed by atoms with Crippen LogP contribution in [-0.4, -0.2) is 16.0 Å². The van der Waals surface area contributed by atoms with Crippen LogP contribution in [0.2, 0.25) is 0 Å². The number of nitrogens with zero attached hydrogens (tertiary/aromatic N) is 1. The largest absolute Gasteiger partial charge is 0.478 e. The molecule has 0 spiro atoms. The Kier molecular flexibility index (Phi) is 3.84. The predicted molar refractivity (Wildman–Crippen MR) is 74.5 cm³/mol. The first-order valence-electron chi connectivity index (χ1n) is 5.93. The van der Waals surface area contributed by atoms with Gasteiger partial charge in [-0.15, -0.1) is 0 Å². The highest BCUT2D eigenvalue weighted by atomic mass is 19.1. The van der Waals surface area contributed by atoms with E-state index in [1.807, 2.05) is 13.0 Å². The van der Waals surface area contributed by atoms with Gasteiger partial charge in [0.15, 0.2) is 0 Å². The normalized spacial score (nSPS) is 10.2. The summed E-state index contributed by atoms with van der Waals surface area (Å²) in [5.41, 5.74) is 0.225. The van der Waals surface area contributed by atoms with Crippen molar-refractivity contribution in [3.8, 4) is 0 Å². The van der Waals surface area contributed by atoms with Gasteiger partial charge in [0.2, 0.25) is 0 Å². The highest BCUT2D eigenvalue weighted by Gasteiger charge is 2.21. The summed E-state index contributed by atoms with van der Waals surface area (Å²) in [6.45, 7) is 1.84. The zero-order chi connectivity index (χ0) is 15.6. The van der Waals surface area contributed by atoms with Crippen LogP contribution in [0.15, 0.2) is 36.4 Å². The van der Waals surface area contributed by atoms with E-state index in [-0.39, 0.29) is 5.69 Å². The molecule has 0 amide bonds. The number of halogens is 1. The first-order valence-corrected chi connectivity index (χ1v) is 5.93. The van der Waals surface area contributed by atoms with Crippen molar-refractivity contribution in [2.75, 3.05) is 5.32 Å². The highest BCUT2D eigenvalue weighted by Crippen LogP contribution is 2.30. The third-order valence-corrected chi connectivity index (χ3v) is 2.81. The molecule has 0 aliphatic heterocycles. The van der Waals surface area contributed by atoms with Crippen LogP contribution >= 0.6 is 0 Å². The number of anilines is 2. The summed E-state index contributed by atoms with van der Waals surface area (Å²) in [6.07, 6.45) is 0. The van der Waals surface area contributed by atoms with Gasteiger partial charge in [-0.1, -0.05) is 12.1 Å². The van der Waals surface area contributed by atoms with E-state index in [9.17, 15) is 19.3 Å². The minimum absolute atomic E-state index is 0.0793. The maximum Gasteiger partial charge on any atom is 0.338 e. The van der Waals surface area contributed by atoms with Crippen LogP contribution in [0.1, 0.15) is 15.9 Å². The number of carboxylic acid groups (broad SMARTS) is 1. The van der Waals surface area contributed by atoms with Crippen molar-refractivity contribution in [2.24, 2.45) is 0 Å².